The molecule has 0 aromatic heterocycles. The lowest BCUT2D eigenvalue weighted by Gasteiger charge is -2.41. The molecular formula is C49H85O15P. The molecule has 0 aromatic rings. The van der Waals surface area contributed by atoms with Crippen LogP contribution in [0.2, 0.25) is 0 Å². The second-order valence-electron chi connectivity index (χ2n) is 16.9. The zero-order chi connectivity index (χ0) is 48.1. The quantitative estimate of drug-likeness (QED) is 0.0127. The SMILES string of the molecule is CCCCC/C=C\C/C=C\C/C=C\C/C=C\CCCCCC(=O)OC[C@H](COP(=O)(O)OC1[C@H](O)[C@H](O)C(O)[C@H](O)[C@H]1O)OC(=O)CCCCCCC[C@H](O)[C@@H](O)C/C=C\CCCCC. The van der Waals surface area contributed by atoms with Gasteiger partial charge in [0.15, 0.2) is 6.10 Å². The van der Waals surface area contributed by atoms with Gasteiger partial charge < -0.3 is 50.1 Å². The van der Waals surface area contributed by atoms with Crippen LogP contribution in [0.4, 0.5) is 0 Å². The molecule has 0 heterocycles. The summed E-state index contributed by atoms with van der Waals surface area (Å²) in [6.45, 7) is 3.05. The van der Waals surface area contributed by atoms with Gasteiger partial charge in [-0.25, -0.2) is 4.57 Å². The van der Waals surface area contributed by atoms with E-state index < -0.39 is 87.9 Å². The first-order chi connectivity index (χ1) is 31.2. The molecule has 0 radical (unpaired) electrons. The molecule has 0 spiro atoms. The van der Waals surface area contributed by atoms with E-state index in [0.717, 1.165) is 77.0 Å². The van der Waals surface area contributed by atoms with E-state index >= 15 is 0 Å². The van der Waals surface area contributed by atoms with Gasteiger partial charge in [-0.15, -0.1) is 0 Å². The summed E-state index contributed by atoms with van der Waals surface area (Å²) in [6.07, 6.45) is 25.6. The molecule has 1 fully saturated rings. The minimum Gasteiger partial charge on any atom is -0.462 e. The van der Waals surface area contributed by atoms with Crippen molar-refractivity contribution in [2.24, 2.45) is 0 Å². The topological polar surface area (TPSA) is 250 Å². The fourth-order valence-electron chi connectivity index (χ4n) is 6.94. The first-order valence-corrected chi connectivity index (χ1v) is 25.8. The number of aliphatic hydroxyl groups excluding tert-OH is 7. The number of rotatable bonds is 39. The highest BCUT2D eigenvalue weighted by atomic mass is 31.2. The van der Waals surface area contributed by atoms with E-state index in [0.29, 0.717) is 38.5 Å². The van der Waals surface area contributed by atoms with E-state index in [1.165, 1.54) is 25.7 Å². The Morgan fingerprint density at radius 1 is 0.538 bits per heavy atom. The van der Waals surface area contributed by atoms with Gasteiger partial charge in [0.05, 0.1) is 18.8 Å². The van der Waals surface area contributed by atoms with E-state index in [4.69, 9.17) is 18.5 Å². The van der Waals surface area contributed by atoms with Crippen molar-refractivity contribution in [3.63, 3.8) is 0 Å². The number of carbonyl (C=O) groups excluding carboxylic acids is 2. The van der Waals surface area contributed by atoms with Crippen molar-refractivity contribution >= 4 is 19.8 Å². The molecule has 1 aliphatic rings. The third-order valence-corrected chi connectivity index (χ3v) is 12.0. The van der Waals surface area contributed by atoms with Crippen molar-refractivity contribution < 1.29 is 73.3 Å². The second kappa shape index (κ2) is 38.4. The van der Waals surface area contributed by atoms with Crippen LogP contribution in [0.15, 0.2) is 60.8 Å². The Kier molecular flexibility index (Phi) is 35.8. The van der Waals surface area contributed by atoms with Crippen LogP contribution in [-0.2, 0) is 32.7 Å². The maximum atomic E-state index is 12.8. The molecule has 8 N–H and O–H groups in total. The Balaban J connectivity index is 2.52. The number of allylic oxidation sites excluding steroid dienone is 9. The van der Waals surface area contributed by atoms with Crippen molar-refractivity contribution in [3.8, 4) is 0 Å². The number of hydrogen-bond acceptors (Lipinski definition) is 14. The molecular weight excluding hydrogens is 859 g/mol. The molecule has 1 saturated carbocycles. The molecule has 15 nitrogen and oxygen atoms in total. The van der Waals surface area contributed by atoms with E-state index in [1.807, 2.05) is 12.2 Å². The largest absolute Gasteiger partial charge is 0.472 e. The molecule has 0 amide bonds. The monoisotopic (exact) mass is 945 g/mol. The Hall–Kier alpha value is -2.53. The summed E-state index contributed by atoms with van der Waals surface area (Å²) in [5.41, 5.74) is 0. The van der Waals surface area contributed by atoms with Crippen LogP contribution in [0, 0.1) is 0 Å². The van der Waals surface area contributed by atoms with Crippen LogP contribution in [0.1, 0.15) is 168 Å². The molecule has 0 saturated heterocycles. The third kappa shape index (κ3) is 30.5. The number of ether oxygens (including phenoxy) is 2. The van der Waals surface area contributed by atoms with Crippen LogP contribution in [-0.4, -0.2) is 121 Å². The molecule has 16 heteroatoms. The zero-order valence-electron chi connectivity index (χ0n) is 39.2. The summed E-state index contributed by atoms with van der Waals surface area (Å²) in [6, 6.07) is 0. The lowest BCUT2D eigenvalue weighted by Crippen LogP contribution is -2.64. The fourth-order valence-corrected chi connectivity index (χ4v) is 7.91. The number of unbranched alkanes of at least 4 members (excludes halogenated alkanes) is 13. The molecule has 3 unspecified atom stereocenters. The predicted molar refractivity (Wildman–Crippen MR) is 251 cm³/mol. The summed E-state index contributed by atoms with van der Waals surface area (Å²) in [5.74, 6) is -1.25. The van der Waals surface area contributed by atoms with Crippen LogP contribution >= 0.6 is 7.82 Å². The van der Waals surface area contributed by atoms with E-state index in [1.54, 1.807) is 0 Å². The molecule has 65 heavy (non-hydrogen) atoms. The Labute approximate surface area is 388 Å². The van der Waals surface area contributed by atoms with Gasteiger partial charge in [0.25, 0.3) is 0 Å². The minimum absolute atomic E-state index is 0.0122. The molecule has 1 aliphatic carbocycles. The van der Waals surface area contributed by atoms with Gasteiger partial charge in [-0.2, -0.15) is 0 Å². The van der Waals surface area contributed by atoms with Crippen molar-refractivity contribution in [2.75, 3.05) is 13.2 Å². The van der Waals surface area contributed by atoms with Crippen LogP contribution in [0.5, 0.6) is 0 Å². The highest BCUT2D eigenvalue weighted by Crippen LogP contribution is 2.47. The van der Waals surface area contributed by atoms with Crippen LogP contribution in [0.25, 0.3) is 0 Å². The number of carbonyl (C=O) groups is 2. The lowest BCUT2D eigenvalue weighted by atomic mass is 9.85. The highest BCUT2D eigenvalue weighted by molar-refractivity contribution is 7.47. The summed E-state index contributed by atoms with van der Waals surface area (Å²) in [5, 5.41) is 70.7. The summed E-state index contributed by atoms with van der Waals surface area (Å²) in [7, 11) is -5.17. The molecule has 1 rings (SSSR count). The Morgan fingerprint density at radius 2 is 0.985 bits per heavy atom. The zero-order valence-corrected chi connectivity index (χ0v) is 40.1. The maximum Gasteiger partial charge on any atom is 0.472 e. The van der Waals surface area contributed by atoms with Gasteiger partial charge in [0, 0.05) is 12.8 Å². The van der Waals surface area contributed by atoms with Gasteiger partial charge in [0.1, 0.15) is 43.2 Å². The number of hydrogen-bond donors (Lipinski definition) is 8. The molecule has 0 bridgehead atoms. The van der Waals surface area contributed by atoms with E-state index in [-0.39, 0.29) is 12.8 Å². The Morgan fingerprint density at radius 3 is 1.54 bits per heavy atom. The van der Waals surface area contributed by atoms with Crippen LogP contribution < -0.4 is 0 Å². The molecule has 376 valence electrons. The summed E-state index contributed by atoms with van der Waals surface area (Å²) < 4.78 is 33.4. The standard InChI is InChI=1S/C49H85O15P/c1-3-5-7-9-11-12-13-14-15-16-17-18-19-20-21-22-23-27-31-35-42(52)61-37-39(38-62-65(59,60)64-49-47(57)45(55)44(54)46(56)48(49)58)63-43(53)36-32-28-24-26-30-34-41(51)40(50)33-29-25-10-8-6-4-2/h11-12,14-15,17-18,20-21,25,29,39-41,44-51,54-58H,3-10,13,16,19,22-24,26-28,30-38H2,1-2H3,(H,59,60)/b12-11-,15-14-,18-17-,21-20-,29-25-/t39-,40+,41+,44?,45-,46+,47-,48-,49?/m1/s1. The lowest BCUT2D eigenvalue weighted by molar-refractivity contribution is -0.220. The van der Waals surface area contributed by atoms with Crippen LogP contribution in [0.3, 0.4) is 0 Å². The van der Waals surface area contributed by atoms with Crippen molar-refractivity contribution in [2.45, 2.75) is 223 Å². The van der Waals surface area contributed by atoms with Gasteiger partial charge in [0.2, 0.25) is 0 Å². The minimum atomic E-state index is -5.17. The normalized spacial score (nSPS) is 22.9. The number of esters is 2. The first kappa shape index (κ1) is 60.5. The van der Waals surface area contributed by atoms with E-state index in [2.05, 4.69) is 62.5 Å². The smallest absolute Gasteiger partial charge is 0.462 e. The Bertz CT molecular complexity index is 1400. The predicted octanol–water partition coefficient (Wildman–Crippen LogP) is 7.67. The number of phosphoric ester groups is 1. The van der Waals surface area contributed by atoms with Gasteiger partial charge in [-0.1, -0.05) is 132 Å². The third-order valence-electron chi connectivity index (χ3n) is 11.0. The molecule has 0 aliphatic heterocycles. The van der Waals surface area contributed by atoms with Crippen molar-refractivity contribution in [1.29, 1.82) is 0 Å². The van der Waals surface area contributed by atoms with Gasteiger partial charge in [-0.05, 0) is 83.5 Å². The summed E-state index contributed by atoms with van der Waals surface area (Å²) in [4.78, 5) is 35.8. The van der Waals surface area contributed by atoms with Crippen molar-refractivity contribution in [3.05, 3.63) is 60.8 Å². The van der Waals surface area contributed by atoms with Gasteiger partial charge >= 0.3 is 19.8 Å². The highest BCUT2D eigenvalue weighted by Gasteiger charge is 2.51. The second-order valence-corrected chi connectivity index (χ2v) is 18.3. The van der Waals surface area contributed by atoms with E-state index in [9.17, 15) is 54.8 Å². The number of aliphatic hydroxyl groups is 7. The first-order valence-electron chi connectivity index (χ1n) is 24.3. The average molecular weight is 945 g/mol. The molecule has 10 atom stereocenters. The summed E-state index contributed by atoms with van der Waals surface area (Å²) >= 11 is 0. The van der Waals surface area contributed by atoms with Gasteiger partial charge in [-0.3, -0.25) is 18.6 Å². The fraction of sp³-hybridized carbons (Fsp3) is 0.755. The van der Waals surface area contributed by atoms with Crippen molar-refractivity contribution in [1.82, 2.24) is 0 Å². The maximum absolute atomic E-state index is 12.8. The average Bonchev–Trinajstić information content (AvgIpc) is 3.28. The number of phosphoric acid groups is 1. The molecule has 0 aromatic carbocycles.